The summed E-state index contributed by atoms with van der Waals surface area (Å²) in [7, 11) is 0. The second kappa shape index (κ2) is 6.18. The summed E-state index contributed by atoms with van der Waals surface area (Å²) in [6, 6.07) is 0.483. The van der Waals surface area contributed by atoms with Gasteiger partial charge in [0, 0.05) is 30.7 Å². The van der Waals surface area contributed by atoms with E-state index in [1.165, 1.54) is 12.8 Å². The highest BCUT2D eigenvalue weighted by Gasteiger charge is 2.32. The molecule has 0 amide bonds. The van der Waals surface area contributed by atoms with E-state index in [1.54, 1.807) is 0 Å². The van der Waals surface area contributed by atoms with E-state index in [0.29, 0.717) is 18.1 Å². The zero-order valence-corrected chi connectivity index (χ0v) is 13.3. The molecule has 0 unspecified atom stereocenters. The van der Waals surface area contributed by atoms with Crippen molar-refractivity contribution in [3.05, 3.63) is 11.4 Å². The Morgan fingerprint density at radius 3 is 2.48 bits per heavy atom. The third kappa shape index (κ3) is 3.28. The van der Waals surface area contributed by atoms with Crippen molar-refractivity contribution >= 4 is 11.6 Å². The Kier molecular flexibility index (Phi) is 4.29. The summed E-state index contributed by atoms with van der Waals surface area (Å²) in [6.45, 7) is 7.94. The first kappa shape index (κ1) is 14.6. The first-order valence-electron chi connectivity index (χ1n) is 8.21. The van der Waals surface area contributed by atoms with Crippen LogP contribution in [0.5, 0.6) is 0 Å². The summed E-state index contributed by atoms with van der Waals surface area (Å²) in [5.41, 5.74) is 1.13. The monoisotopic (exact) mass is 290 g/mol. The molecule has 2 aliphatic rings. The van der Waals surface area contributed by atoms with E-state index in [-0.39, 0.29) is 0 Å². The van der Waals surface area contributed by atoms with Crippen molar-refractivity contribution < 1.29 is 4.74 Å². The maximum absolute atomic E-state index is 5.63. The molecule has 0 atom stereocenters. The van der Waals surface area contributed by atoms with E-state index in [2.05, 4.69) is 31.4 Å². The fourth-order valence-corrected chi connectivity index (χ4v) is 2.79. The van der Waals surface area contributed by atoms with E-state index in [0.717, 1.165) is 49.0 Å². The van der Waals surface area contributed by atoms with Crippen LogP contribution in [0.1, 0.15) is 56.8 Å². The van der Waals surface area contributed by atoms with Crippen molar-refractivity contribution in [1.29, 1.82) is 0 Å². The smallest absolute Gasteiger partial charge is 0.136 e. The van der Waals surface area contributed by atoms with Gasteiger partial charge in [-0.1, -0.05) is 0 Å². The van der Waals surface area contributed by atoms with Crippen LogP contribution < -0.4 is 10.6 Å². The molecular weight excluding hydrogens is 264 g/mol. The number of nitrogens with one attached hydrogen (secondary N) is 2. The predicted molar refractivity (Wildman–Crippen MR) is 85.0 cm³/mol. The minimum Gasteiger partial charge on any atom is -0.378 e. The molecule has 0 aromatic carbocycles. The topological polar surface area (TPSA) is 59.1 Å². The van der Waals surface area contributed by atoms with Crippen LogP contribution in [0.3, 0.4) is 0 Å². The third-order valence-electron chi connectivity index (χ3n) is 4.29. The summed E-state index contributed by atoms with van der Waals surface area (Å²) < 4.78 is 5.63. The van der Waals surface area contributed by atoms with Crippen molar-refractivity contribution in [1.82, 2.24) is 9.97 Å². The molecule has 2 N–H and O–H groups in total. The molecule has 1 heterocycles. The maximum Gasteiger partial charge on any atom is 0.136 e. The standard InChI is InChI=1S/C16H26N4O/c1-4-17-14-10(3)15(20-16(19-14)11-6-7-11)18-12-8-13(9-12)21-5-2/h11-13H,4-9H2,1-3H3,(H2,17,18,19,20). The van der Waals surface area contributed by atoms with Crippen LogP contribution in [0.25, 0.3) is 0 Å². The van der Waals surface area contributed by atoms with Gasteiger partial charge in [-0.05, 0) is 46.5 Å². The number of ether oxygens (including phenoxy) is 1. The third-order valence-corrected chi connectivity index (χ3v) is 4.29. The fourth-order valence-electron chi connectivity index (χ4n) is 2.79. The van der Waals surface area contributed by atoms with Crippen molar-refractivity contribution in [3.8, 4) is 0 Å². The Balaban J connectivity index is 1.71. The first-order valence-corrected chi connectivity index (χ1v) is 8.21. The second-order valence-corrected chi connectivity index (χ2v) is 6.10. The molecule has 21 heavy (non-hydrogen) atoms. The second-order valence-electron chi connectivity index (χ2n) is 6.10. The number of hydrogen-bond donors (Lipinski definition) is 2. The normalized spacial score (nSPS) is 24.5. The van der Waals surface area contributed by atoms with E-state index in [4.69, 9.17) is 14.7 Å². The molecule has 3 rings (SSSR count). The van der Waals surface area contributed by atoms with Gasteiger partial charge < -0.3 is 15.4 Å². The van der Waals surface area contributed by atoms with Gasteiger partial charge in [-0.3, -0.25) is 0 Å². The largest absolute Gasteiger partial charge is 0.378 e. The van der Waals surface area contributed by atoms with Gasteiger partial charge in [-0.25, -0.2) is 9.97 Å². The molecule has 5 nitrogen and oxygen atoms in total. The lowest BCUT2D eigenvalue weighted by Crippen LogP contribution is -2.41. The highest BCUT2D eigenvalue weighted by Crippen LogP contribution is 2.40. The van der Waals surface area contributed by atoms with Crippen molar-refractivity contribution in [3.63, 3.8) is 0 Å². The van der Waals surface area contributed by atoms with Crippen LogP contribution in [0.15, 0.2) is 0 Å². The lowest BCUT2D eigenvalue weighted by Gasteiger charge is -2.36. The number of anilines is 2. The molecule has 116 valence electrons. The summed E-state index contributed by atoms with van der Waals surface area (Å²) in [5.74, 6) is 3.56. The van der Waals surface area contributed by atoms with Crippen LogP contribution in [0.2, 0.25) is 0 Å². The quantitative estimate of drug-likeness (QED) is 0.808. The summed E-state index contributed by atoms with van der Waals surface area (Å²) >= 11 is 0. The molecule has 1 aromatic heterocycles. The zero-order chi connectivity index (χ0) is 14.8. The van der Waals surface area contributed by atoms with E-state index < -0.39 is 0 Å². The van der Waals surface area contributed by atoms with Crippen molar-refractivity contribution in [2.24, 2.45) is 0 Å². The van der Waals surface area contributed by atoms with E-state index in [1.807, 2.05) is 0 Å². The number of hydrogen-bond acceptors (Lipinski definition) is 5. The lowest BCUT2D eigenvalue weighted by atomic mass is 9.89. The van der Waals surface area contributed by atoms with Crippen molar-refractivity contribution in [2.75, 3.05) is 23.8 Å². The van der Waals surface area contributed by atoms with Gasteiger partial charge in [0.05, 0.1) is 6.10 Å². The summed E-state index contributed by atoms with van der Waals surface area (Å²) in [5, 5.41) is 6.95. The predicted octanol–water partition coefficient (Wildman–Crippen LogP) is 3.07. The lowest BCUT2D eigenvalue weighted by molar-refractivity contribution is 0.00291. The Hall–Kier alpha value is -1.36. The van der Waals surface area contributed by atoms with Crippen LogP contribution >= 0.6 is 0 Å². The minimum absolute atomic E-state index is 0.422. The average molecular weight is 290 g/mol. The molecule has 0 radical (unpaired) electrons. The maximum atomic E-state index is 5.63. The molecular formula is C16H26N4O. The molecule has 0 aliphatic heterocycles. The fraction of sp³-hybridized carbons (Fsp3) is 0.750. The van der Waals surface area contributed by atoms with Gasteiger partial charge in [-0.15, -0.1) is 0 Å². The molecule has 2 aliphatic carbocycles. The average Bonchev–Trinajstić information content (AvgIpc) is 3.25. The van der Waals surface area contributed by atoms with Gasteiger partial charge in [0.1, 0.15) is 17.5 Å². The number of nitrogens with zero attached hydrogens (tertiary/aromatic N) is 2. The number of rotatable bonds is 7. The van der Waals surface area contributed by atoms with E-state index in [9.17, 15) is 0 Å². The minimum atomic E-state index is 0.422. The van der Waals surface area contributed by atoms with Gasteiger partial charge in [0.2, 0.25) is 0 Å². The Labute approximate surface area is 126 Å². The molecule has 0 saturated heterocycles. The van der Waals surface area contributed by atoms with E-state index >= 15 is 0 Å². The summed E-state index contributed by atoms with van der Waals surface area (Å²) in [6.07, 6.45) is 5.03. The Morgan fingerprint density at radius 2 is 1.86 bits per heavy atom. The van der Waals surface area contributed by atoms with Gasteiger partial charge in [-0.2, -0.15) is 0 Å². The highest BCUT2D eigenvalue weighted by atomic mass is 16.5. The molecule has 2 fully saturated rings. The Bertz CT molecular complexity index is 495. The SMILES string of the molecule is CCNc1nc(C2CC2)nc(NC2CC(OCC)C2)c1C. The Morgan fingerprint density at radius 1 is 1.14 bits per heavy atom. The van der Waals surface area contributed by atoms with Crippen LogP contribution in [-0.4, -0.2) is 35.3 Å². The van der Waals surface area contributed by atoms with Crippen LogP contribution in [-0.2, 0) is 4.74 Å². The van der Waals surface area contributed by atoms with Gasteiger partial charge in [0.25, 0.3) is 0 Å². The molecule has 0 bridgehead atoms. The molecule has 1 aromatic rings. The first-order chi connectivity index (χ1) is 10.2. The van der Waals surface area contributed by atoms with Crippen LogP contribution in [0.4, 0.5) is 11.6 Å². The van der Waals surface area contributed by atoms with Crippen molar-refractivity contribution in [2.45, 2.75) is 64.5 Å². The molecule has 5 heteroatoms. The molecule has 0 spiro atoms. The van der Waals surface area contributed by atoms with Crippen LogP contribution in [0, 0.1) is 6.92 Å². The zero-order valence-electron chi connectivity index (χ0n) is 13.3. The van der Waals surface area contributed by atoms with Gasteiger partial charge in [0.15, 0.2) is 0 Å². The number of aromatic nitrogens is 2. The highest BCUT2D eigenvalue weighted by molar-refractivity contribution is 5.58. The van der Waals surface area contributed by atoms with Gasteiger partial charge >= 0.3 is 0 Å². The molecule has 2 saturated carbocycles. The summed E-state index contributed by atoms with van der Waals surface area (Å²) in [4.78, 5) is 9.46.